The van der Waals surface area contributed by atoms with Gasteiger partial charge in [-0.1, -0.05) is 36.7 Å². The largest absolute Gasteiger partial charge is 0.295 e. The normalized spacial score (nSPS) is 11.2. The van der Waals surface area contributed by atoms with Gasteiger partial charge in [0.15, 0.2) is 0 Å². The number of imidazole rings is 1. The van der Waals surface area contributed by atoms with Crippen LogP contribution in [0.4, 0.5) is 0 Å². The van der Waals surface area contributed by atoms with Crippen molar-refractivity contribution in [2.75, 3.05) is 0 Å². The number of alkyl halides is 1. The first-order chi connectivity index (χ1) is 9.74. The molecule has 0 saturated carbocycles. The monoisotopic (exact) mass is 304 g/mol. The third-order valence-electron chi connectivity index (χ3n) is 3.41. The van der Waals surface area contributed by atoms with Crippen LogP contribution in [-0.4, -0.2) is 9.55 Å². The van der Waals surface area contributed by atoms with E-state index in [0.717, 1.165) is 39.6 Å². The molecule has 0 aliphatic carbocycles. The smallest absolute Gasteiger partial charge is 0.129 e. The quantitative estimate of drug-likeness (QED) is 0.624. The molecule has 0 saturated heterocycles. The van der Waals surface area contributed by atoms with E-state index >= 15 is 0 Å². The molecule has 0 spiro atoms. The molecule has 0 amide bonds. The minimum Gasteiger partial charge on any atom is -0.295 e. The van der Waals surface area contributed by atoms with E-state index in [2.05, 4.69) is 34.7 Å². The molecule has 3 aromatic rings. The fraction of sp³-hybridized carbons (Fsp3) is 0.188. The molecule has 1 heterocycles. The number of benzene rings is 2. The molecule has 0 aliphatic heterocycles. The zero-order valence-electron chi connectivity index (χ0n) is 11.1. The molecular formula is C16H14Cl2N2. The van der Waals surface area contributed by atoms with Crippen LogP contribution in [0.5, 0.6) is 0 Å². The van der Waals surface area contributed by atoms with Crippen molar-refractivity contribution in [3.63, 3.8) is 0 Å². The van der Waals surface area contributed by atoms with E-state index in [1.165, 1.54) is 0 Å². The van der Waals surface area contributed by atoms with Crippen LogP contribution in [0.15, 0.2) is 42.5 Å². The SMILES string of the molecule is CCc1cc2c(cc1Cl)nc(CCl)n2-c1ccccc1. The molecule has 0 atom stereocenters. The van der Waals surface area contributed by atoms with Crippen molar-refractivity contribution < 1.29 is 0 Å². The summed E-state index contributed by atoms with van der Waals surface area (Å²) in [6.45, 7) is 2.10. The Labute approximate surface area is 128 Å². The maximum Gasteiger partial charge on any atom is 0.129 e. The lowest BCUT2D eigenvalue weighted by Gasteiger charge is -2.08. The lowest BCUT2D eigenvalue weighted by atomic mass is 10.1. The Hall–Kier alpha value is -1.51. The number of para-hydroxylation sites is 1. The lowest BCUT2D eigenvalue weighted by molar-refractivity contribution is 0.981. The number of aryl methyl sites for hydroxylation is 1. The van der Waals surface area contributed by atoms with Gasteiger partial charge in [0.05, 0.1) is 16.9 Å². The van der Waals surface area contributed by atoms with Crippen LogP contribution in [-0.2, 0) is 12.3 Å². The van der Waals surface area contributed by atoms with Crippen molar-refractivity contribution in [3.8, 4) is 5.69 Å². The molecule has 4 heteroatoms. The number of hydrogen-bond acceptors (Lipinski definition) is 1. The number of hydrogen-bond donors (Lipinski definition) is 0. The first kappa shape index (κ1) is 13.5. The summed E-state index contributed by atoms with van der Waals surface area (Å²) in [6.07, 6.45) is 0.894. The molecule has 102 valence electrons. The first-order valence-corrected chi connectivity index (χ1v) is 7.47. The second-order valence-corrected chi connectivity index (χ2v) is 5.29. The zero-order chi connectivity index (χ0) is 14.1. The van der Waals surface area contributed by atoms with Crippen LogP contribution >= 0.6 is 23.2 Å². The Morgan fingerprint density at radius 2 is 1.90 bits per heavy atom. The summed E-state index contributed by atoms with van der Waals surface area (Å²) in [5.74, 6) is 1.19. The molecule has 0 fully saturated rings. The standard InChI is InChI=1S/C16H14Cl2N2/c1-2-11-8-15-14(9-13(11)18)19-16(10-17)20(15)12-6-4-3-5-7-12/h3-9H,2,10H2,1H3. The van der Waals surface area contributed by atoms with Crippen LogP contribution in [0.3, 0.4) is 0 Å². The molecule has 3 rings (SSSR count). The second-order valence-electron chi connectivity index (χ2n) is 4.62. The number of halogens is 2. The van der Waals surface area contributed by atoms with Gasteiger partial charge >= 0.3 is 0 Å². The Bertz CT molecular complexity index is 748. The molecule has 0 radical (unpaired) electrons. The van der Waals surface area contributed by atoms with Gasteiger partial charge in [-0.2, -0.15) is 0 Å². The predicted octanol–water partition coefficient (Wildman–Crippen LogP) is 4.98. The van der Waals surface area contributed by atoms with Crippen LogP contribution in [0.25, 0.3) is 16.7 Å². The van der Waals surface area contributed by atoms with Gasteiger partial charge < -0.3 is 0 Å². The Morgan fingerprint density at radius 3 is 2.55 bits per heavy atom. The van der Waals surface area contributed by atoms with E-state index in [1.54, 1.807) is 0 Å². The highest BCUT2D eigenvalue weighted by atomic mass is 35.5. The summed E-state index contributed by atoms with van der Waals surface area (Å²) in [6, 6.07) is 14.1. The fourth-order valence-electron chi connectivity index (χ4n) is 2.42. The van der Waals surface area contributed by atoms with E-state index in [-0.39, 0.29) is 0 Å². The van der Waals surface area contributed by atoms with Gasteiger partial charge in [0.1, 0.15) is 5.82 Å². The third kappa shape index (κ3) is 2.19. The molecule has 0 N–H and O–H groups in total. The second kappa shape index (κ2) is 5.47. The Balaban J connectivity index is 2.34. The van der Waals surface area contributed by atoms with Crippen molar-refractivity contribution in [1.82, 2.24) is 9.55 Å². The molecule has 2 nitrogen and oxygen atoms in total. The van der Waals surface area contributed by atoms with Gasteiger partial charge in [-0.3, -0.25) is 4.57 Å². The van der Waals surface area contributed by atoms with E-state index < -0.39 is 0 Å². The maximum absolute atomic E-state index is 6.27. The van der Waals surface area contributed by atoms with Crippen molar-refractivity contribution in [2.24, 2.45) is 0 Å². The number of rotatable bonds is 3. The summed E-state index contributed by atoms with van der Waals surface area (Å²) in [4.78, 5) is 4.59. The highest BCUT2D eigenvalue weighted by Crippen LogP contribution is 2.28. The maximum atomic E-state index is 6.27. The van der Waals surface area contributed by atoms with Crippen molar-refractivity contribution in [3.05, 3.63) is 58.9 Å². The average molecular weight is 305 g/mol. The molecular weight excluding hydrogens is 291 g/mol. The molecule has 0 bridgehead atoms. The van der Waals surface area contributed by atoms with Crippen LogP contribution in [0.1, 0.15) is 18.3 Å². The Morgan fingerprint density at radius 1 is 1.15 bits per heavy atom. The summed E-state index contributed by atoms with van der Waals surface area (Å²) in [5, 5.41) is 0.763. The van der Waals surface area contributed by atoms with Gasteiger partial charge in [-0.15, -0.1) is 11.6 Å². The topological polar surface area (TPSA) is 17.8 Å². The minimum absolute atomic E-state index is 0.364. The van der Waals surface area contributed by atoms with Crippen LogP contribution < -0.4 is 0 Å². The number of fused-ring (bicyclic) bond motifs is 1. The highest BCUT2D eigenvalue weighted by Gasteiger charge is 2.13. The number of aromatic nitrogens is 2. The van der Waals surface area contributed by atoms with Crippen LogP contribution in [0, 0.1) is 0 Å². The van der Waals surface area contributed by atoms with Gasteiger partial charge in [0, 0.05) is 10.7 Å². The van der Waals surface area contributed by atoms with Gasteiger partial charge in [-0.05, 0) is 36.2 Å². The van der Waals surface area contributed by atoms with Crippen molar-refractivity contribution in [1.29, 1.82) is 0 Å². The molecule has 2 aromatic carbocycles. The van der Waals surface area contributed by atoms with E-state index in [1.807, 2.05) is 24.3 Å². The fourth-order valence-corrected chi connectivity index (χ4v) is 2.89. The predicted molar refractivity (Wildman–Crippen MR) is 85.0 cm³/mol. The van der Waals surface area contributed by atoms with Gasteiger partial charge in [0.25, 0.3) is 0 Å². The first-order valence-electron chi connectivity index (χ1n) is 6.55. The van der Waals surface area contributed by atoms with Crippen LogP contribution in [0.2, 0.25) is 5.02 Å². The lowest BCUT2D eigenvalue weighted by Crippen LogP contribution is -1.99. The minimum atomic E-state index is 0.364. The van der Waals surface area contributed by atoms with Gasteiger partial charge in [-0.25, -0.2) is 4.98 Å². The third-order valence-corrected chi connectivity index (χ3v) is 4.00. The van der Waals surface area contributed by atoms with Crippen molar-refractivity contribution in [2.45, 2.75) is 19.2 Å². The van der Waals surface area contributed by atoms with Crippen molar-refractivity contribution >= 4 is 34.2 Å². The highest BCUT2D eigenvalue weighted by molar-refractivity contribution is 6.32. The summed E-state index contributed by atoms with van der Waals surface area (Å²) < 4.78 is 2.10. The average Bonchev–Trinajstić information content (AvgIpc) is 2.84. The van der Waals surface area contributed by atoms with Gasteiger partial charge in [0.2, 0.25) is 0 Å². The Kier molecular flexibility index (Phi) is 3.68. The summed E-state index contributed by atoms with van der Waals surface area (Å²) >= 11 is 12.3. The summed E-state index contributed by atoms with van der Waals surface area (Å²) in [7, 11) is 0. The van der Waals surface area contributed by atoms with E-state index in [9.17, 15) is 0 Å². The summed E-state index contributed by atoms with van der Waals surface area (Å²) in [5.41, 5.74) is 4.12. The van der Waals surface area contributed by atoms with E-state index in [0.29, 0.717) is 5.88 Å². The molecule has 0 aliphatic rings. The van der Waals surface area contributed by atoms with E-state index in [4.69, 9.17) is 23.2 Å². The number of nitrogens with zero attached hydrogens (tertiary/aromatic N) is 2. The molecule has 0 unspecified atom stereocenters. The molecule has 1 aromatic heterocycles. The zero-order valence-corrected chi connectivity index (χ0v) is 12.6. The molecule has 20 heavy (non-hydrogen) atoms.